The van der Waals surface area contributed by atoms with E-state index in [1.807, 2.05) is 0 Å². The van der Waals surface area contributed by atoms with Crippen molar-refractivity contribution in [1.82, 2.24) is 4.90 Å². The quantitative estimate of drug-likeness (QED) is 0.556. The molecule has 0 aromatic heterocycles. The maximum atomic E-state index is 6.72. The Kier molecular flexibility index (Phi) is 5.62. The molecule has 5 rings (SSSR count). The molecular formula is C26H43NO2. The minimum atomic E-state index is 0.0736. The van der Waals surface area contributed by atoms with Gasteiger partial charge in [-0.1, -0.05) is 38.8 Å². The van der Waals surface area contributed by atoms with Crippen LogP contribution in [0.5, 0.6) is 0 Å². The van der Waals surface area contributed by atoms with Crippen LogP contribution in [0.3, 0.4) is 0 Å². The number of hydrogen-bond acceptors (Lipinski definition) is 3. The average molecular weight is 402 g/mol. The van der Waals surface area contributed by atoms with Crippen LogP contribution in [0.2, 0.25) is 0 Å². The highest BCUT2D eigenvalue weighted by molar-refractivity contribution is 5.18. The van der Waals surface area contributed by atoms with Crippen molar-refractivity contribution in [1.29, 1.82) is 0 Å². The Morgan fingerprint density at radius 1 is 1.00 bits per heavy atom. The van der Waals surface area contributed by atoms with Gasteiger partial charge in [0.1, 0.15) is 0 Å². The van der Waals surface area contributed by atoms with E-state index in [4.69, 9.17) is 9.47 Å². The standard InChI is InChI=1S/C26H43NO2/c1-19-10-11-22-25(2,21(19)13-17-27-15-6-7-16-27)14-12-23-26(22,3)18-28-24(29-23)20-8-4-5-9-20/h20-24H,1,4-18H2,2-3H3/t21-,22?,23-,24-,25+,26+/m1/s1. The van der Waals surface area contributed by atoms with E-state index in [-0.39, 0.29) is 11.7 Å². The van der Waals surface area contributed by atoms with Crippen molar-refractivity contribution >= 4 is 0 Å². The van der Waals surface area contributed by atoms with Gasteiger partial charge < -0.3 is 14.4 Å². The Hall–Kier alpha value is -0.380. The Morgan fingerprint density at radius 2 is 1.76 bits per heavy atom. The molecule has 0 N–H and O–H groups in total. The zero-order chi connectivity index (χ0) is 20.1. The predicted octanol–water partition coefficient (Wildman–Crippen LogP) is 5.79. The van der Waals surface area contributed by atoms with Gasteiger partial charge in [0.05, 0.1) is 12.7 Å². The van der Waals surface area contributed by atoms with Gasteiger partial charge in [-0.3, -0.25) is 0 Å². The number of ether oxygens (including phenoxy) is 2. The summed E-state index contributed by atoms with van der Waals surface area (Å²) in [7, 11) is 0. The number of rotatable bonds is 4. The van der Waals surface area contributed by atoms with Crippen molar-refractivity contribution in [2.45, 2.75) is 96.9 Å². The molecule has 5 fully saturated rings. The largest absolute Gasteiger partial charge is 0.352 e. The Balaban J connectivity index is 1.31. The van der Waals surface area contributed by atoms with Gasteiger partial charge in [0.15, 0.2) is 6.29 Å². The van der Waals surface area contributed by atoms with Gasteiger partial charge in [0.25, 0.3) is 0 Å². The fourth-order valence-electron chi connectivity index (χ4n) is 8.18. The molecule has 0 bridgehead atoms. The molecular weight excluding hydrogens is 358 g/mol. The number of hydrogen-bond donors (Lipinski definition) is 0. The molecule has 3 heteroatoms. The summed E-state index contributed by atoms with van der Waals surface area (Å²) in [5.41, 5.74) is 2.08. The first-order valence-electron chi connectivity index (χ1n) is 12.7. The van der Waals surface area contributed by atoms with Crippen molar-refractivity contribution in [3.8, 4) is 0 Å². The predicted molar refractivity (Wildman–Crippen MR) is 118 cm³/mol. The molecule has 0 aromatic rings. The van der Waals surface area contributed by atoms with Crippen LogP contribution in [0, 0.1) is 28.6 Å². The van der Waals surface area contributed by atoms with Gasteiger partial charge in [0.2, 0.25) is 0 Å². The van der Waals surface area contributed by atoms with Crippen LogP contribution in [-0.2, 0) is 9.47 Å². The van der Waals surface area contributed by atoms with Crippen molar-refractivity contribution in [3.05, 3.63) is 12.2 Å². The van der Waals surface area contributed by atoms with Gasteiger partial charge in [-0.2, -0.15) is 0 Å². The summed E-state index contributed by atoms with van der Waals surface area (Å²) in [5, 5.41) is 0. The number of likely N-dealkylation sites (tertiary alicyclic amines) is 1. The summed E-state index contributed by atoms with van der Waals surface area (Å²) in [6, 6.07) is 0. The molecule has 164 valence electrons. The van der Waals surface area contributed by atoms with Gasteiger partial charge in [-0.15, -0.1) is 0 Å². The van der Waals surface area contributed by atoms with Crippen molar-refractivity contribution < 1.29 is 9.47 Å². The first-order valence-corrected chi connectivity index (χ1v) is 12.7. The average Bonchev–Trinajstić information content (AvgIpc) is 3.41. The smallest absolute Gasteiger partial charge is 0.160 e. The summed E-state index contributed by atoms with van der Waals surface area (Å²) in [6.45, 7) is 14.5. The van der Waals surface area contributed by atoms with Crippen molar-refractivity contribution in [3.63, 3.8) is 0 Å². The molecule has 0 spiro atoms. The maximum Gasteiger partial charge on any atom is 0.160 e. The lowest BCUT2D eigenvalue weighted by Gasteiger charge is -2.63. The lowest BCUT2D eigenvalue weighted by atomic mass is 9.46. The van der Waals surface area contributed by atoms with Gasteiger partial charge in [-0.25, -0.2) is 0 Å². The van der Waals surface area contributed by atoms with E-state index in [9.17, 15) is 0 Å². The minimum absolute atomic E-state index is 0.0736. The van der Waals surface area contributed by atoms with E-state index in [2.05, 4.69) is 25.3 Å². The minimum Gasteiger partial charge on any atom is -0.352 e. The van der Waals surface area contributed by atoms with E-state index in [1.54, 1.807) is 0 Å². The van der Waals surface area contributed by atoms with Crippen LogP contribution in [0.4, 0.5) is 0 Å². The van der Waals surface area contributed by atoms with Crippen LogP contribution in [0.15, 0.2) is 12.2 Å². The number of allylic oxidation sites excluding steroid dienone is 1. The molecule has 0 amide bonds. The summed E-state index contributed by atoms with van der Waals surface area (Å²) in [5.74, 6) is 2.02. The topological polar surface area (TPSA) is 21.7 Å². The summed E-state index contributed by atoms with van der Waals surface area (Å²) < 4.78 is 13.2. The molecule has 6 atom stereocenters. The van der Waals surface area contributed by atoms with Gasteiger partial charge >= 0.3 is 0 Å². The maximum absolute atomic E-state index is 6.72. The van der Waals surface area contributed by atoms with E-state index < -0.39 is 0 Å². The van der Waals surface area contributed by atoms with E-state index in [0.29, 0.717) is 29.3 Å². The monoisotopic (exact) mass is 401 g/mol. The van der Waals surface area contributed by atoms with Crippen LogP contribution < -0.4 is 0 Å². The summed E-state index contributed by atoms with van der Waals surface area (Å²) in [4.78, 5) is 2.69. The highest BCUT2D eigenvalue weighted by Crippen LogP contribution is 2.63. The van der Waals surface area contributed by atoms with Crippen molar-refractivity contribution in [2.24, 2.45) is 28.6 Å². The molecule has 2 aliphatic heterocycles. The van der Waals surface area contributed by atoms with E-state index in [0.717, 1.165) is 6.61 Å². The second-order valence-electron chi connectivity index (χ2n) is 11.5. The first-order chi connectivity index (χ1) is 14.0. The van der Waals surface area contributed by atoms with Crippen LogP contribution in [-0.4, -0.2) is 43.5 Å². The molecule has 3 saturated carbocycles. The van der Waals surface area contributed by atoms with Crippen LogP contribution >= 0.6 is 0 Å². The highest BCUT2D eigenvalue weighted by atomic mass is 16.7. The fraction of sp³-hybridized carbons (Fsp3) is 0.923. The first kappa shape index (κ1) is 20.5. The molecule has 29 heavy (non-hydrogen) atoms. The summed E-state index contributed by atoms with van der Waals surface area (Å²) in [6.07, 6.45) is 14.9. The molecule has 1 unspecified atom stereocenters. The van der Waals surface area contributed by atoms with Gasteiger partial charge in [0, 0.05) is 11.3 Å². The second-order valence-corrected chi connectivity index (χ2v) is 11.5. The number of nitrogens with zero attached hydrogens (tertiary/aromatic N) is 1. The lowest BCUT2D eigenvalue weighted by molar-refractivity contribution is -0.316. The molecule has 0 radical (unpaired) electrons. The molecule has 3 nitrogen and oxygen atoms in total. The third-order valence-electron chi connectivity index (χ3n) is 9.89. The third kappa shape index (κ3) is 3.53. The van der Waals surface area contributed by atoms with E-state index >= 15 is 0 Å². The van der Waals surface area contributed by atoms with Crippen LogP contribution in [0.25, 0.3) is 0 Å². The van der Waals surface area contributed by atoms with Crippen LogP contribution in [0.1, 0.15) is 84.5 Å². The van der Waals surface area contributed by atoms with Crippen molar-refractivity contribution in [2.75, 3.05) is 26.2 Å². The van der Waals surface area contributed by atoms with Gasteiger partial charge in [-0.05, 0) is 94.7 Å². The molecule has 2 saturated heterocycles. The fourth-order valence-corrected chi connectivity index (χ4v) is 8.18. The third-order valence-corrected chi connectivity index (χ3v) is 9.89. The second kappa shape index (κ2) is 7.95. The lowest BCUT2D eigenvalue weighted by Crippen LogP contribution is -2.62. The molecule has 5 aliphatic rings. The van der Waals surface area contributed by atoms with E-state index in [1.165, 1.54) is 95.8 Å². The highest BCUT2D eigenvalue weighted by Gasteiger charge is 2.60. The SMILES string of the molecule is C=C1CCC2[C@]3(C)CO[C@@H](C4CCCC4)O[C@@H]3CC[C@@]2(C)[C@@H]1CCN1CCCC1. The zero-order valence-electron chi connectivity index (χ0n) is 19.0. The summed E-state index contributed by atoms with van der Waals surface area (Å²) >= 11 is 0. The normalized spacial score (nSPS) is 46.6. The zero-order valence-corrected chi connectivity index (χ0v) is 19.0. The number of fused-ring (bicyclic) bond motifs is 3. The molecule has 3 aliphatic carbocycles. The Bertz CT molecular complexity index is 608. The Morgan fingerprint density at radius 3 is 2.52 bits per heavy atom. The molecule has 2 heterocycles. The Labute approximate surface area is 178 Å². The molecule has 0 aromatic carbocycles.